The highest BCUT2D eigenvalue weighted by atomic mass is 16.2. The summed E-state index contributed by atoms with van der Waals surface area (Å²) in [6, 6.07) is 0. The molecular weight excluding hydrogens is 188 g/mol. The zero-order valence-electron chi connectivity index (χ0n) is 9.36. The van der Waals surface area contributed by atoms with E-state index in [4.69, 9.17) is 0 Å². The standard InChI is InChI=1S/C12H18N2O/c1-8(2)6-12(15)14-13-11-7-9-4-3-5-10(9)11/h3-4,8-10H,5-7H2,1-2H3,(H,14,15)/b13-11+/t9-,10-/m0/s1. The first-order chi connectivity index (χ1) is 7.16. The lowest BCUT2D eigenvalue weighted by molar-refractivity contribution is -0.121. The third-order valence-electron chi connectivity index (χ3n) is 3.08. The summed E-state index contributed by atoms with van der Waals surface area (Å²) >= 11 is 0. The summed E-state index contributed by atoms with van der Waals surface area (Å²) in [7, 11) is 0. The summed E-state index contributed by atoms with van der Waals surface area (Å²) < 4.78 is 0. The molecule has 0 unspecified atom stereocenters. The second kappa shape index (κ2) is 4.17. The molecule has 3 nitrogen and oxygen atoms in total. The van der Waals surface area contributed by atoms with Crippen molar-refractivity contribution >= 4 is 11.6 Å². The van der Waals surface area contributed by atoms with Crippen LogP contribution in [-0.4, -0.2) is 11.6 Å². The van der Waals surface area contributed by atoms with Gasteiger partial charge in [-0.15, -0.1) is 0 Å². The number of carbonyl (C=O) groups is 1. The fourth-order valence-electron chi connectivity index (χ4n) is 2.21. The number of rotatable bonds is 3. The third kappa shape index (κ3) is 2.28. The van der Waals surface area contributed by atoms with Gasteiger partial charge in [0.25, 0.3) is 0 Å². The summed E-state index contributed by atoms with van der Waals surface area (Å²) in [5.41, 5.74) is 3.82. The van der Waals surface area contributed by atoms with Crippen molar-refractivity contribution in [1.29, 1.82) is 0 Å². The molecule has 0 saturated heterocycles. The minimum absolute atomic E-state index is 0.0342. The van der Waals surface area contributed by atoms with Crippen molar-refractivity contribution in [3.8, 4) is 0 Å². The molecule has 2 aliphatic rings. The monoisotopic (exact) mass is 206 g/mol. The minimum atomic E-state index is 0.0342. The van der Waals surface area contributed by atoms with Crippen molar-refractivity contribution in [2.24, 2.45) is 22.9 Å². The van der Waals surface area contributed by atoms with Crippen molar-refractivity contribution in [3.05, 3.63) is 12.2 Å². The van der Waals surface area contributed by atoms with E-state index in [0.717, 1.165) is 12.8 Å². The summed E-state index contributed by atoms with van der Waals surface area (Å²) in [5, 5.41) is 4.20. The van der Waals surface area contributed by atoms with Crippen molar-refractivity contribution in [1.82, 2.24) is 5.43 Å². The normalized spacial score (nSPS) is 30.5. The zero-order chi connectivity index (χ0) is 10.8. The molecule has 2 aliphatic carbocycles. The highest BCUT2D eigenvalue weighted by Crippen LogP contribution is 2.39. The van der Waals surface area contributed by atoms with Crippen molar-refractivity contribution < 1.29 is 4.79 Å². The van der Waals surface area contributed by atoms with Crippen molar-refractivity contribution in [2.45, 2.75) is 33.1 Å². The Morgan fingerprint density at radius 3 is 3.13 bits per heavy atom. The average Bonchev–Trinajstić information content (AvgIpc) is 2.46. The van der Waals surface area contributed by atoms with Gasteiger partial charge in [0.15, 0.2) is 0 Å². The lowest BCUT2D eigenvalue weighted by atomic mass is 9.74. The number of allylic oxidation sites excluding steroid dienone is 2. The van der Waals surface area contributed by atoms with Gasteiger partial charge in [0, 0.05) is 18.1 Å². The van der Waals surface area contributed by atoms with Crippen LogP contribution in [0.1, 0.15) is 33.1 Å². The van der Waals surface area contributed by atoms with Crippen LogP contribution in [0.25, 0.3) is 0 Å². The molecule has 0 aromatic heterocycles. The molecule has 1 saturated carbocycles. The maximum absolute atomic E-state index is 11.4. The fraction of sp³-hybridized carbons (Fsp3) is 0.667. The number of nitrogens with one attached hydrogen (secondary N) is 1. The molecule has 1 N–H and O–H groups in total. The molecule has 0 aromatic carbocycles. The van der Waals surface area contributed by atoms with Gasteiger partial charge in [-0.25, -0.2) is 5.43 Å². The highest BCUT2D eigenvalue weighted by molar-refractivity contribution is 5.94. The van der Waals surface area contributed by atoms with Gasteiger partial charge in [-0.2, -0.15) is 5.10 Å². The van der Waals surface area contributed by atoms with Gasteiger partial charge in [-0.3, -0.25) is 4.79 Å². The van der Waals surface area contributed by atoms with Crippen LogP contribution in [0.2, 0.25) is 0 Å². The van der Waals surface area contributed by atoms with Crippen LogP contribution in [0.3, 0.4) is 0 Å². The lowest BCUT2D eigenvalue weighted by Gasteiger charge is -2.31. The van der Waals surface area contributed by atoms with E-state index in [-0.39, 0.29) is 5.91 Å². The van der Waals surface area contributed by atoms with Gasteiger partial charge in [-0.1, -0.05) is 26.0 Å². The van der Waals surface area contributed by atoms with Gasteiger partial charge < -0.3 is 0 Å². The van der Waals surface area contributed by atoms with Crippen LogP contribution in [-0.2, 0) is 4.79 Å². The topological polar surface area (TPSA) is 41.5 Å². The van der Waals surface area contributed by atoms with E-state index in [0.29, 0.717) is 24.2 Å². The van der Waals surface area contributed by atoms with E-state index in [1.54, 1.807) is 0 Å². The molecule has 3 heteroatoms. The van der Waals surface area contributed by atoms with Gasteiger partial charge in [-0.05, 0) is 24.7 Å². The number of fused-ring (bicyclic) bond motifs is 1. The molecule has 1 amide bonds. The number of nitrogens with zero attached hydrogens (tertiary/aromatic N) is 1. The van der Waals surface area contributed by atoms with Crippen LogP contribution < -0.4 is 5.43 Å². The van der Waals surface area contributed by atoms with Crippen LogP contribution in [0.4, 0.5) is 0 Å². The SMILES string of the molecule is CC(C)CC(=O)N/N=C1\C[C@@H]2C=CC[C@H]12. The summed E-state index contributed by atoms with van der Waals surface area (Å²) in [4.78, 5) is 11.4. The predicted molar refractivity (Wildman–Crippen MR) is 60.4 cm³/mol. The zero-order valence-corrected chi connectivity index (χ0v) is 9.36. The molecule has 0 bridgehead atoms. The lowest BCUT2D eigenvalue weighted by Crippen LogP contribution is -2.35. The van der Waals surface area contributed by atoms with E-state index in [9.17, 15) is 4.79 Å². The number of hydrazone groups is 1. The Balaban J connectivity index is 1.78. The second-order valence-electron chi connectivity index (χ2n) is 4.87. The van der Waals surface area contributed by atoms with E-state index in [2.05, 4.69) is 22.7 Å². The number of hydrogen-bond donors (Lipinski definition) is 1. The maximum atomic E-state index is 11.4. The van der Waals surface area contributed by atoms with E-state index < -0.39 is 0 Å². The Bertz CT molecular complexity index is 318. The number of amides is 1. The van der Waals surface area contributed by atoms with Crippen molar-refractivity contribution in [3.63, 3.8) is 0 Å². The number of hydrogen-bond acceptors (Lipinski definition) is 2. The number of carbonyl (C=O) groups excluding carboxylic acids is 1. The van der Waals surface area contributed by atoms with E-state index in [1.165, 1.54) is 5.71 Å². The quantitative estimate of drug-likeness (QED) is 0.557. The maximum Gasteiger partial charge on any atom is 0.240 e. The molecule has 0 aromatic rings. The summed E-state index contributed by atoms with van der Waals surface area (Å²) in [6.45, 7) is 4.07. The van der Waals surface area contributed by atoms with Gasteiger partial charge in [0.2, 0.25) is 5.91 Å². The Morgan fingerprint density at radius 1 is 1.67 bits per heavy atom. The predicted octanol–water partition coefficient (Wildman–Crippen LogP) is 2.10. The Hall–Kier alpha value is -1.12. The smallest absolute Gasteiger partial charge is 0.240 e. The first-order valence-electron chi connectivity index (χ1n) is 5.68. The van der Waals surface area contributed by atoms with Crippen molar-refractivity contribution in [2.75, 3.05) is 0 Å². The molecule has 0 spiro atoms. The Labute approximate surface area is 90.6 Å². The van der Waals surface area contributed by atoms with E-state index in [1.807, 2.05) is 13.8 Å². The van der Waals surface area contributed by atoms with E-state index >= 15 is 0 Å². The second-order valence-corrected chi connectivity index (χ2v) is 4.87. The molecule has 15 heavy (non-hydrogen) atoms. The molecule has 2 atom stereocenters. The highest BCUT2D eigenvalue weighted by Gasteiger charge is 2.37. The third-order valence-corrected chi connectivity index (χ3v) is 3.08. The first-order valence-corrected chi connectivity index (χ1v) is 5.68. The van der Waals surface area contributed by atoms with Crippen LogP contribution in [0.5, 0.6) is 0 Å². The summed E-state index contributed by atoms with van der Waals surface area (Å²) in [5.74, 6) is 1.72. The van der Waals surface area contributed by atoms with Crippen LogP contribution >= 0.6 is 0 Å². The van der Waals surface area contributed by atoms with Gasteiger partial charge in [0.05, 0.1) is 0 Å². The summed E-state index contributed by atoms with van der Waals surface area (Å²) in [6.07, 6.45) is 7.17. The molecule has 0 heterocycles. The van der Waals surface area contributed by atoms with Crippen LogP contribution in [0, 0.1) is 17.8 Å². The fourth-order valence-corrected chi connectivity index (χ4v) is 2.21. The Kier molecular flexibility index (Phi) is 2.89. The Morgan fingerprint density at radius 2 is 2.47 bits per heavy atom. The first kappa shape index (κ1) is 10.4. The molecule has 0 radical (unpaired) electrons. The average molecular weight is 206 g/mol. The van der Waals surface area contributed by atoms with Gasteiger partial charge in [0.1, 0.15) is 0 Å². The van der Waals surface area contributed by atoms with Gasteiger partial charge >= 0.3 is 0 Å². The minimum Gasteiger partial charge on any atom is -0.273 e. The molecule has 0 aliphatic heterocycles. The van der Waals surface area contributed by atoms with Crippen LogP contribution in [0.15, 0.2) is 17.3 Å². The molecule has 82 valence electrons. The molecular formula is C12H18N2O. The largest absolute Gasteiger partial charge is 0.273 e. The molecule has 2 rings (SSSR count). The molecule has 1 fully saturated rings.